The van der Waals surface area contributed by atoms with E-state index in [1.807, 2.05) is 48.5 Å². The molecule has 0 saturated heterocycles. The van der Waals surface area contributed by atoms with Gasteiger partial charge in [0.2, 0.25) is 0 Å². The number of Topliss-reactive ketones (excluding diaryl/α,β-unsaturated/α-hetero) is 1. The highest BCUT2D eigenvalue weighted by molar-refractivity contribution is 6.11. The smallest absolute Gasteiger partial charge is 0.174 e. The van der Waals surface area contributed by atoms with Crippen LogP contribution in [-0.4, -0.2) is 17.4 Å². The van der Waals surface area contributed by atoms with Crippen LogP contribution in [0, 0.1) is 0 Å². The molecular formula is C18H13NO2. The van der Waals surface area contributed by atoms with Crippen molar-refractivity contribution in [1.82, 2.24) is 4.98 Å². The van der Waals surface area contributed by atoms with Crippen molar-refractivity contribution in [2.45, 2.75) is 5.92 Å². The van der Waals surface area contributed by atoms with Gasteiger partial charge in [0.05, 0.1) is 5.92 Å². The average molecular weight is 275 g/mol. The highest BCUT2D eigenvalue weighted by atomic mass is 16.5. The van der Waals surface area contributed by atoms with Crippen molar-refractivity contribution in [2.24, 2.45) is 0 Å². The molecule has 0 N–H and O–H groups in total. The van der Waals surface area contributed by atoms with E-state index in [2.05, 4.69) is 4.98 Å². The fraction of sp³-hybridized carbons (Fsp3) is 0.111. The molecule has 1 aliphatic rings. The van der Waals surface area contributed by atoms with Gasteiger partial charge < -0.3 is 4.74 Å². The van der Waals surface area contributed by atoms with Crippen LogP contribution in [0.4, 0.5) is 0 Å². The molecule has 0 aliphatic carbocycles. The van der Waals surface area contributed by atoms with E-state index in [1.165, 1.54) is 0 Å². The Balaban J connectivity index is 1.82. The number of hydrogen-bond acceptors (Lipinski definition) is 3. The standard InChI is InChI=1S/C18H13NO2/c20-18(16-11-21-17-7-2-1-5-13(16)17)14-6-3-4-12-8-9-19-10-15(12)14/h1-10,16H,11H2. The fourth-order valence-electron chi connectivity index (χ4n) is 2.90. The topological polar surface area (TPSA) is 39.2 Å². The van der Waals surface area contributed by atoms with Gasteiger partial charge in [-0.25, -0.2) is 0 Å². The summed E-state index contributed by atoms with van der Waals surface area (Å²) in [5.41, 5.74) is 1.69. The van der Waals surface area contributed by atoms with Gasteiger partial charge in [-0.1, -0.05) is 36.4 Å². The van der Waals surface area contributed by atoms with Gasteiger partial charge in [-0.05, 0) is 17.5 Å². The van der Waals surface area contributed by atoms with Crippen LogP contribution in [0.5, 0.6) is 5.75 Å². The zero-order chi connectivity index (χ0) is 14.2. The summed E-state index contributed by atoms with van der Waals surface area (Å²) in [4.78, 5) is 17.1. The molecule has 0 amide bonds. The number of benzene rings is 2. The fourth-order valence-corrected chi connectivity index (χ4v) is 2.90. The van der Waals surface area contributed by atoms with Crippen LogP contribution in [0.25, 0.3) is 10.8 Å². The summed E-state index contributed by atoms with van der Waals surface area (Å²) in [5, 5.41) is 1.93. The van der Waals surface area contributed by atoms with Crippen molar-refractivity contribution in [3.63, 3.8) is 0 Å². The molecule has 3 heteroatoms. The number of para-hydroxylation sites is 1. The Bertz CT molecular complexity index is 836. The Morgan fingerprint density at radius 1 is 1.10 bits per heavy atom. The Labute approximate surface area is 122 Å². The Kier molecular flexibility index (Phi) is 2.71. The molecule has 2 aromatic carbocycles. The molecule has 3 aromatic rings. The minimum Gasteiger partial charge on any atom is -0.492 e. The molecule has 1 unspecified atom stereocenters. The molecule has 21 heavy (non-hydrogen) atoms. The zero-order valence-electron chi connectivity index (χ0n) is 11.3. The molecule has 1 atom stereocenters. The number of hydrogen-bond donors (Lipinski definition) is 0. The Morgan fingerprint density at radius 3 is 2.95 bits per heavy atom. The number of carbonyl (C=O) groups is 1. The minimum atomic E-state index is -0.230. The Morgan fingerprint density at radius 2 is 2.00 bits per heavy atom. The van der Waals surface area contributed by atoms with Crippen LogP contribution in [0.1, 0.15) is 21.8 Å². The van der Waals surface area contributed by atoms with Crippen LogP contribution in [0.3, 0.4) is 0 Å². The lowest BCUT2D eigenvalue weighted by atomic mass is 9.90. The molecule has 1 aliphatic heterocycles. The highest BCUT2D eigenvalue weighted by Gasteiger charge is 2.31. The Hall–Kier alpha value is -2.68. The first kappa shape index (κ1) is 12.1. The quantitative estimate of drug-likeness (QED) is 0.671. The van der Waals surface area contributed by atoms with E-state index in [9.17, 15) is 4.79 Å². The number of rotatable bonds is 2. The van der Waals surface area contributed by atoms with Crippen LogP contribution in [0.15, 0.2) is 60.9 Å². The molecule has 4 rings (SSSR count). The van der Waals surface area contributed by atoms with Gasteiger partial charge >= 0.3 is 0 Å². The zero-order valence-corrected chi connectivity index (χ0v) is 11.3. The van der Waals surface area contributed by atoms with E-state index < -0.39 is 0 Å². The number of aromatic nitrogens is 1. The molecule has 0 bridgehead atoms. The summed E-state index contributed by atoms with van der Waals surface area (Å²) in [7, 11) is 0. The number of ketones is 1. The van der Waals surface area contributed by atoms with Crippen molar-refractivity contribution >= 4 is 16.6 Å². The van der Waals surface area contributed by atoms with Crippen LogP contribution >= 0.6 is 0 Å². The number of carbonyl (C=O) groups excluding carboxylic acids is 1. The summed E-state index contributed by atoms with van der Waals surface area (Å²) in [5.74, 6) is 0.680. The number of fused-ring (bicyclic) bond motifs is 2. The number of pyridine rings is 1. The predicted molar refractivity (Wildman–Crippen MR) is 80.8 cm³/mol. The van der Waals surface area contributed by atoms with E-state index in [0.29, 0.717) is 12.2 Å². The van der Waals surface area contributed by atoms with E-state index in [-0.39, 0.29) is 11.7 Å². The third-order valence-electron chi connectivity index (χ3n) is 3.97. The second-order valence-corrected chi connectivity index (χ2v) is 5.17. The summed E-state index contributed by atoms with van der Waals surface area (Å²) in [6.07, 6.45) is 3.49. The van der Waals surface area contributed by atoms with Gasteiger partial charge in [-0.15, -0.1) is 0 Å². The van der Waals surface area contributed by atoms with Gasteiger partial charge in [0.25, 0.3) is 0 Å². The molecule has 0 fully saturated rings. The van der Waals surface area contributed by atoms with Crippen LogP contribution in [-0.2, 0) is 0 Å². The van der Waals surface area contributed by atoms with E-state index in [4.69, 9.17) is 4.74 Å². The third-order valence-corrected chi connectivity index (χ3v) is 3.97. The van der Waals surface area contributed by atoms with Crippen molar-refractivity contribution in [3.05, 3.63) is 72.1 Å². The summed E-state index contributed by atoms with van der Waals surface area (Å²) < 4.78 is 5.63. The first-order valence-corrected chi connectivity index (χ1v) is 6.93. The van der Waals surface area contributed by atoms with Crippen LogP contribution < -0.4 is 4.74 Å². The first-order chi connectivity index (χ1) is 10.3. The van der Waals surface area contributed by atoms with Gasteiger partial charge in [-0.3, -0.25) is 9.78 Å². The van der Waals surface area contributed by atoms with Gasteiger partial charge in [0, 0.05) is 28.9 Å². The van der Waals surface area contributed by atoms with Crippen molar-refractivity contribution in [2.75, 3.05) is 6.61 Å². The second kappa shape index (κ2) is 4.70. The first-order valence-electron chi connectivity index (χ1n) is 6.93. The number of ether oxygens (including phenoxy) is 1. The number of nitrogens with zero attached hydrogens (tertiary/aromatic N) is 1. The van der Waals surface area contributed by atoms with Gasteiger partial charge in [0.15, 0.2) is 5.78 Å². The summed E-state index contributed by atoms with van der Waals surface area (Å²) >= 11 is 0. The highest BCUT2D eigenvalue weighted by Crippen LogP contribution is 2.36. The molecule has 0 saturated carbocycles. The minimum absolute atomic E-state index is 0.0959. The lowest BCUT2D eigenvalue weighted by Gasteiger charge is -2.10. The molecule has 3 nitrogen and oxygen atoms in total. The SMILES string of the molecule is O=C(c1cccc2ccncc12)C1COc2ccccc21. The van der Waals surface area contributed by atoms with Crippen molar-refractivity contribution < 1.29 is 9.53 Å². The van der Waals surface area contributed by atoms with Crippen LogP contribution in [0.2, 0.25) is 0 Å². The second-order valence-electron chi connectivity index (χ2n) is 5.17. The largest absolute Gasteiger partial charge is 0.492 e. The maximum absolute atomic E-state index is 12.9. The average Bonchev–Trinajstić information content (AvgIpc) is 2.98. The lowest BCUT2D eigenvalue weighted by Crippen LogP contribution is -2.14. The van der Waals surface area contributed by atoms with Gasteiger partial charge in [-0.2, -0.15) is 0 Å². The van der Waals surface area contributed by atoms with E-state index in [0.717, 1.165) is 22.1 Å². The summed E-state index contributed by atoms with van der Waals surface area (Å²) in [6.45, 7) is 0.412. The summed E-state index contributed by atoms with van der Waals surface area (Å²) in [6, 6.07) is 15.4. The molecule has 102 valence electrons. The lowest BCUT2D eigenvalue weighted by molar-refractivity contribution is 0.0949. The molecule has 0 spiro atoms. The molecule has 1 aromatic heterocycles. The van der Waals surface area contributed by atoms with E-state index >= 15 is 0 Å². The predicted octanol–water partition coefficient (Wildman–Crippen LogP) is 3.59. The van der Waals surface area contributed by atoms with Crippen molar-refractivity contribution in [1.29, 1.82) is 0 Å². The maximum Gasteiger partial charge on any atom is 0.174 e. The van der Waals surface area contributed by atoms with Gasteiger partial charge in [0.1, 0.15) is 12.4 Å². The molecular weight excluding hydrogens is 262 g/mol. The molecule has 2 heterocycles. The molecule has 0 radical (unpaired) electrons. The van der Waals surface area contributed by atoms with E-state index in [1.54, 1.807) is 12.4 Å². The van der Waals surface area contributed by atoms with Crippen molar-refractivity contribution in [3.8, 4) is 5.75 Å². The monoisotopic (exact) mass is 275 g/mol. The normalized spacial score (nSPS) is 16.5. The third kappa shape index (κ3) is 1.89. The maximum atomic E-state index is 12.9.